The Morgan fingerprint density at radius 1 is 1.37 bits per heavy atom. The van der Waals surface area contributed by atoms with Gasteiger partial charge in [0.15, 0.2) is 16.6 Å². The summed E-state index contributed by atoms with van der Waals surface area (Å²) in [6.45, 7) is 6.48. The zero-order valence-corrected chi connectivity index (χ0v) is 10.5. The predicted molar refractivity (Wildman–Crippen MR) is 71.5 cm³/mol. The number of hydrazine groups is 1. The molecule has 0 spiro atoms. The summed E-state index contributed by atoms with van der Waals surface area (Å²) < 4.78 is 10.4. The number of rotatable bonds is 2. The van der Waals surface area contributed by atoms with Crippen LogP contribution in [0.5, 0.6) is 11.5 Å². The van der Waals surface area contributed by atoms with Gasteiger partial charge in [-0.3, -0.25) is 15.6 Å². The fourth-order valence-corrected chi connectivity index (χ4v) is 1.54. The van der Waals surface area contributed by atoms with Crippen LogP contribution < -0.4 is 25.6 Å². The molecule has 1 aliphatic rings. The van der Waals surface area contributed by atoms with Crippen LogP contribution in [0.25, 0.3) is 4.85 Å². The third-order valence-electron chi connectivity index (χ3n) is 2.17. The van der Waals surface area contributed by atoms with Crippen LogP contribution in [-0.2, 0) is 4.79 Å². The quantitative estimate of drug-likeness (QED) is 0.419. The van der Waals surface area contributed by atoms with Gasteiger partial charge in [-0.25, -0.2) is 6.57 Å². The summed E-state index contributed by atoms with van der Waals surface area (Å²) in [5.41, 5.74) is 5.48. The van der Waals surface area contributed by atoms with Gasteiger partial charge in [0.1, 0.15) is 0 Å². The lowest BCUT2D eigenvalue weighted by Gasteiger charge is -2.10. The second-order valence-corrected chi connectivity index (χ2v) is 3.92. The van der Waals surface area contributed by atoms with Gasteiger partial charge in [-0.2, -0.15) is 0 Å². The lowest BCUT2D eigenvalue weighted by molar-refractivity contribution is -0.119. The Kier molecular flexibility index (Phi) is 4.00. The van der Waals surface area contributed by atoms with Crippen molar-refractivity contribution in [2.45, 2.75) is 0 Å². The highest BCUT2D eigenvalue weighted by Gasteiger charge is 2.13. The Bertz CT molecular complexity index is 555. The highest BCUT2D eigenvalue weighted by molar-refractivity contribution is 7.80. The average Bonchev–Trinajstić information content (AvgIpc) is 2.84. The minimum Gasteiger partial charge on any atom is -0.454 e. The monoisotopic (exact) mass is 278 g/mol. The van der Waals surface area contributed by atoms with Crippen molar-refractivity contribution in [2.24, 2.45) is 0 Å². The molecule has 1 aromatic rings. The van der Waals surface area contributed by atoms with E-state index in [1.807, 2.05) is 0 Å². The first-order valence-electron chi connectivity index (χ1n) is 5.28. The molecule has 0 radical (unpaired) electrons. The first-order chi connectivity index (χ1) is 9.19. The Morgan fingerprint density at radius 2 is 2.16 bits per heavy atom. The molecule has 1 heterocycles. The Hall–Kier alpha value is -2.53. The first kappa shape index (κ1) is 12.9. The molecule has 1 aliphatic heterocycles. The zero-order valence-electron chi connectivity index (χ0n) is 9.73. The SMILES string of the molecule is [C-]#[N+]CC(=O)NNC(=S)Nc1ccc2c(c1)OCO2. The van der Waals surface area contributed by atoms with Crippen LogP contribution in [0.15, 0.2) is 18.2 Å². The number of thiocarbonyl (C=S) groups is 1. The molecule has 1 amide bonds. The van der Waals surface area contributed by atoms with Crippen LogP contribution in [0, 0.1) is 6.57 Å². The van der Waals surface area contributed by atoms with Crippen molar-refractivity contribution in [3.63, 3.8) is 0 Å². The number of carbonyl (C=O) groups excluding carboxylic acids is 1. The van der Waals surface area contributed by atoms with E-state index in [0.717, 1.165) is 0 Å². The number of ether oxygens (including phenoxy) is 2. The van der Waals surface area contributed by atoms with Crippen molar-refractivity contribution in [2.75, 3.05) is 18.7 Å². The third kappa shape index (κ3) is 3.46. The van der Waals surface area contributed by atoms with Gasteiger partial charge in [-0.1, -0.05) is 0 Å². The molecule has 3 N–H and O–H groups in total. The summed E-state index contributed by atoms with van der Waals surface area (Å²) in [6.07, 6.45) is 0. The maximum absolute atomic E-state index is 11.0. The molecule has 0 unspecified atom stereocenters. The smallest absolute Gasteiger partial charge is 0.318 e. The van der Waals surface area contributed by atoms with Crippen molar-refractivity contribution in [1.29, 1.82) is 0 Å². The van der Waals surface area contributed by atoms with Crippen molar-refractivity contribution in [3.8, 4) is 11.5 Å². The molecule has 0 fully saturated rings. The number of nitrogens with one attached hydrogen (secondary N) is 3. The van der Waals surface area contributed by atoms with E-state index in [2.05, 4.69) is 21.0 Å². The van der Waals surface area contributed by atoms with Gasteiger partial charge in [0.05, 0.1) is 0 Å². The van der Waals surface area contributed by atoms with E-state index in [1.165, 1.54) is 0 Å². The van der Waals surface area contributed by atoms with Crippen LogP contribution in [0.3, 0.4) is 0 Å². The summed E-state index contributed by atoms with van der Waals surface area (Å²) in [5, 5.41) is 3.07. The third-order valence-corrected chi connectivity index (χ3v) is 2.37. The number of amides is 1. The summed E-state index contributed by atoms with van der Waals surface area (Å²) in [7, 11) is 0. The fraction of sp³-hybridized carbons (Fsp3) is 0.182. The maximum Gasteiger partial charge on any atom is 0.318 e. The highest BCUT2D eigenvalue weighted by atomic mass is 32.1. The van der Waals surface area contributed by atoms with Gasteiger partial charge < -0.3 is 19.6 Å². The van der Waals surface area contributed by atoms with E-state index >= 15 is 0 Å². The molecule has 19 heavy (non-hydrogen) atoms. The normalized spacial score (nSPS) is 11.3. The summed E-state index contributed by atoms with van der Waals surface area (Å²) in [5.74, 6) is 0.851. The largest absolute Gasteiger partial charge is 0.454 e. The minimum absolute atomic E-state index is 0.203. The summed E-state index contributed by atoms with van der Waals surface area (Å²) >= 11 is 4.98. The van der Waals surface area contributed by atoms with E-state index in [1.54, 1.807) is 18.2 Å². The van der Waals surface area contributed by atoms with E-state index < -0.39 is 5.91 Å². The highest BCUT2D eigenvalue weighted by Crippen LogP contribution is 2.34. The van der Waals surface area contributed by atoms with E-state index in [9.17, 15) is 4.79 Å². The van der Waals surface area contributed by atoms with Crippen LogP contribution in [0.4, 0.5) is 5.69 Å². The molecule has 8 heteroatoms. The number of nitrogens with zero attached hydrogens (tertiary/aromatic N) is 1. The number of carbonyl (C=O) groups is 1. The Morgan fingerprint density at radius 3 is 2.95 bits per heavy atom. The van der Waals surface area contributed by atoms with E-state index in [0.29, 0.717) is 17.2 Å². The molecule has 2 rings (SSSR count). The lowest BCUT2D eigenvalue weighted by Crippen LogP contribution is -2.44. The van der Waals surface area contributed by atoms with E-state index in [4.69, 9.17) is 28.3 Å². The standard InChI is InChI=1S/C11H10N4O3S/c1-12-5-10(16)14-15-11(19)13-7-2-3-8-9(4-7)18-6-17-8/h2-4H,5-6H2,(H,14,16)(H2,13,15,19). The molecule has 0 aromatic heterocycles. The van der Waals surface area contributed by atoms with Crippen LogP contribution in [0.2, 0.25) is 0 Å². The van der Waals surface area contributed by atoms with Crippen LogP contribution in [-0.4, -0.2) is 24.4 Å². The van der Waals surface area contributed by atoms with E-state index in [-0.39, 0.29) is 18.5 Å². The molecule has 0 bridgehead atoms. The molecule has 7 nitrogen and oxygen atoms in total. The van der Waals surface area contributed by atoms with Gasteiger partial charge in [0.2, 0.25) is 6.79 Å². The van der Waals surface area contributed by atoms with Gasteiger partial charge >= 0.3 is 5.91 Å². The Labute approximate surface area is 114 Å². The van der Waals surface area contributed by atoms with Gasteiger partial charge in [0, 0.05) is 11.8 Å². The second kappa shape index (κ2) is 5.88. The zero-order chi connectivity index (χ0) is 13.7. The second-order valence-electron chi connectivity index (χ2n) is 3.51. The van der Waals surface area contributed by atoms with Crippen molar-refractivity contribution in [3.05, 3.63) is 29.6 Å². The predicted octanol–water partition coefficient (Wildman–Crippen LogP) is 0.652. The molecular formula is C11H10N4O3S. The number of anilines is 1. The van der Waals surface area contributed by atoms with Crippen molar-refractivity contribution in [1.82, 2.24) is 10.9 Å². The average molecular weight is 278 g/mol. The molecule has 0 saturated heterocycles. The fourth-order valence-electron chi connectivity index (χ4n) is 1.37. The Balaban J connectivity index is 1.86. The lowest BCUT2D eigenvalue weighted by atomic mass is 10.3. The van der Waals surface area contributed by atoms with Crippen LogP contribution in [0.1, 0.15) is 0 Å². The molecule has 0 atom stereocenters. The maximum atomic E-state index is 11.0. The number of benzene rings is 1. The number of fused-ring (bicyclic) bond motifs is 1. The van der Waals surface area contributed by atoms with Gasteiger partial charge in [-0.05, 0) is 24.4 Å². The molecule has 98 valence electrons. The van der Waals surface area contributed by atoms with Crippen LogP contribution >= 0.6 is 12.2 Å². The van der Waals surface area contributed by atoms with Gasteiger partial charge in [0.25, 0.3) is 6.54 Å². The molecular weight excluding hydrogens is 268 g/mol. The molecule has 1 aromatic carbocycles. The first-order valence-corrected chi connectivity index (χ1v) is 5.68. The van der Waals surface area contributed by atoms with Crippen molar-refractivity contribution >= 4 is 28.9 Å². The van der Waals surface area contributed by atoms with Gasteiger partial charge in [-0.15, -0.1) is 0 Å². The van der Waals surface area contributed by atoms with Crippen molar-refractivity contribution < 1.29 is 14.3 Å². The summed E-state index contributed by atoms with van der Waals surface area (Å²) in [4.78, 5) is 14.0. The topological polar surface area (TPSA) is 76.0 Å². The summed E-state index contributed by atoms with van der Waals surface area (Å²) in [6, 6.07) is 5.25. The molecule has 0 saturated carbocycles. The number of hydrogen-bond acceptors (Lipinski definition) is 4. The molecule has 0 aliphatic carbocycles. The minimum atomic E-state index is -0.454. The number of hydrogen-bond donors (Lipinski definition) is 3.